The monoisotopic (exact) mass is 312 g/mol. The average Bonchev–Trinajstić information content (AvgIpc) is 3.03. The zero-order valence-corrected chi connectivity index (χ0v) is 14.1. The Morgan fingerprint density at radius 3 is 2.68 bits per heavy atom. The standard InChI is InChI=1S/C19H24N2S/c1-20-10-8-19(9-11-20)15-21(14-17-6-4-12-22-17)13-16-5-2-3-7-18(16)19/h2-7,12H,8-11,13-15H2,1H3. The third-order valence-electron chi connectivity index (χ3n) is 5.41. The van der Waals surface area contributed by atoms with Gasteiger partial charge in [0.05, 0.1) is 0 Å². The van der Waals surface area contributed by atoms with Crippen molar-refractivity contribution in [1.82, 2.24) is 9.80 Å². The summed E-state index contributed by atoms with van der Waals surface area (Å²) in [6.45, 7) is 5.87. The number of piperidine rings is 1. The highest BCUT2D eigenvalue weighted by molar-refractivity contribution is 7.09. The second-order valence-corrected chi connectivity index (χ2v) is 8.00. The van der Waals surface area contributed by atoms with Gasteiger partial charge < -0.3 is 4.90 Å². The Bertz CT molecular complexity index is 627. The summed E-state index contributed by atoms with van der Waals surface area (Å²) >= 11 is 1.88. The van der Waals surface area contributed by atoms with E-state index in [-0.39, 0.29) is 0 Å². The molecule has 0 unspecified atom stereocenters. The molecule has 22 heavy (non-hydrogen) atoms. The predicted molar refractivity (Wildman–Crippen MR) is 93.3 cm³/mol. The Kier molecular flexibility index (Phi) is 3.81. The lowest BCUT2D eigenvalue weighted by Crippen LogP contribution is -2.51. The smallest absolute Gasteiger partial charge is 0.0331 e. The van der Waals surface area contributed by atoms with Crippen molar-refractivity contribution in [2.75, 3.05) is 26.7 Å². The van der Waals surface area contributed by atoms with Crippen LogP contribution in [-0.4, -0.2) is 36.5 Å². The number of hydrogen-bond donors (Lipinski definition) is 0. The van der Waals surface area contributed by atoms with E-state index in [1.165, 1.54) is 37.4 Å². The first-order valence-electron chi connectivity index (χ1n) is 8.27. The van der Waals surface area contributed by atoms with Gasteiger partial charge in [-0.2, -0.15) is 0 Å². The molecular weight excluding hydrogens is 288 g/mol. The van der Waals surface area contributed by atoms with Crippen LogP contribution in [0.3, 0.4) is 0 Å². The van der Waals surface area contributed by atoms with E-state index in [1.54, 1.807) is 11.1 Å². The molecule has 3 heterocycles. The Hall–Kier alpha value is -1.16. The van der Waals surface area contributed by atoms with Crippen LogP contribution in [0.15, 0.2) is 41.8 Å². The van der Waals surface area contributed by atoms with Gasteiger partial charge in [0, 0.05) is 29.9 Å². The summed E-state index contributed by atoms with van der Waals surface area (Å²) in [7, 11) is 2.25. The molecule has 0 N–H and O–H groups in total. The molecule has 2 nitrogen and oxygen atoms in total. The van der Waals surface area contributed by atoms with Crippen molar-refractivity contribution in [3.05, 3.63) is 57.8 Å². The number of thiophene rings is 1. The Morgan fingerprint density at radius 2 is 1.91 bits per heavy atom. The van der Waals surface area contributed by atoms with Gasteiger partial charge in [0.1, 0.15) is 0 Å². The van der Waals surface area contributed by atoms with Gasteiger partial charge in [0.15, 0.2) is 0 Å². The first-order chi connectivity index (χ1) is 10.8. The van der Waals surface area contributed by atoms with Crippen LogP contribution < -0.4 is 0 Å². The van der Waals surface area contributed by atoms with Crippen molar-refractivity contribution in [3.8, 4) is 0 Å². The van der Waals surface area contributed by atoms with Gasteiger partial charge in [0.2, 0.25) is 0 Å². The Morgan fingerprint density at radius 1 is 1.09 bits per heavy atom. The van der Waals surface area contributed by atoms with Crippen LogP contribution in [0.2, 0.25) is 0 Å². The van der Waals surface area contributed by atoms with Crippen LogP contribution >= 0.6 is 11.3 Å². The van der Waals surface area contributed by atoms with Crippen molar-refractivity contribution >= 4 is 11.3 Å². The molecule has 1 aromatic carbocycles. The predicted octanol–water partition coefficient (Wildman–Crippen LogP) is 3.73. The number of likely N-dealkylation sites (tertiary alicyclic amines) is 1. The summed E-state index contributed by atoms with van der Waals surface area (Å²) in [6.07, 6.45) is 2.59. The van der Waals surface area contributed by atoms with Gasteiger partial charge >= 0.3 is 0 Å². The molecule has 1 spiro atoms. The highest BCUT2D eigenvalue weighted by Gasteiger charge is 2.41. The minimum Gasteiger partial charge on any atom is -0.306 e. The van der Waals surface area contributed by atoms with Gasteiger partial charge in [-0.1, -0.05) is 30.3 Å². The molecule has 0 atom stereocenters. The molecule has 1 fully saturated rings. The third kappa shape index (κ3) is 2.62. The lowest BCUT2D eigenvalue weighted by molar-refractivity contribution is 0.106. The topological polar surface area (TPSA) is 6.48 Å². The van der Waals surface area contributed by atoms with Crippen molar-refractivity contribution in [3.63, 3.8) is 0 Å². The SMILES string of the molecule is CN1CCC2(CC1)CN(Cc1cccs1)Cc1ccccc12. The second-order valence-electron chi connectivity index (χ2n) is 6.97. The molecule has 0 radical (unpaired) electrons. The van der Waals surface area contributed by atoms with Crippen LogP contribution in [0.5, 0.6) is 0 Å². The van der Waals surface area contributed by atoms with Gasteiger partial charge in [-0.25, -0.2) is 0 Å². The van der Waals surface area contributed by atoms with Crippen LogP contribution in [0.1, 0.15) is 28.8 Å². The highest BCUT2D eigenvalue weighted by atomic mass is 32.1. The first kappa shape index (κ1) is 14.4. The van der Waals surface area contributed by atoms with Gasteiger partial charge in [-0.05, 0) is 55.6 Å². The van der Waals surface area contributed by atoms with E-state index in [4.69, 9.17) is 0 Å². The highest BCUT2D eigenvalue weighted by Crippen LogP contribution is 2.41. The van der Waals surface area contributed by atoms with E-state index < -0.39 is 0 Å². The molecule has 2 aliphatic heterocycles. The van der Waals surface area contributed by atoms with Crippen LogP contribution in [0.25, 0.3) is 0 Å². The molecule has 3 heteroatoms. The Balaban J connectivity index is 1.65. The van der Waals surface area contributed by atoms with E-state index in [9.17, 15) is 0 Å². The molecule has 0 aliphatic carbocycles. The molecule has 1 aromatic heterocycles. The number of fused-ring (bicyclic) bond motifs is 2. The average molecular weight is 312 g/mol. The lowest BCUT2D eigenvalue weighted by atomic mass is 9.69. The summed E-state index contributed by atoms with van der Waals surface area (Å²) in [6, 6.07) is 13.6. The molecule has 0 bridgehead atoms. The van der Waals surface area contributed by atoms with E-state index in [1.807, 2.05) is 11.3 Å². The summed E-state index contributed by atoms with van der Waals surface area (Å²) in [5, 5.41) is 2.19. The minimum absolute atomic E-state index is 0.374. The number of rotatable bonds is 2. The van der Waals surface area contributed by atoms with E-state index in [0.717, 1.165) is 13.1 Å². The minimum atomic E-state index is 0.374. The van der Waals surface area contributed by atoms with Gasteiger partial charge in [-0.15, -0.1) is 11.3 Å². The van der Waals surface area contributed by atoms with E-state index in [0.29, 0.717) is 5.41 Å². The summed E-state index contributed by atoms with van der Waals surface area (Å²) in [5.74, 6) is 0. The molecule has 4 rings (SSSR count). The maximum atomic E-state index is 2.67. The second kappa shape index (κ2) is 5.80. The van der Waals surface area contributed by atoms with Crippen molar-refractivity contribution in [2.45, 2.75) is 31.3 Å². The van der Waals surface area contributed by atoms with Gasteiger partial charge in [-0.3, -0.25) is 4.90 Å². The number of nitrogens with zero attached hydrogens (tertiary/aromatic N) is 2. The van der Waals surface area contributed by atoms with Crippen LogP contribution in [0, 0.1) is 0 Å². The van der Waals surface area contributed by atoms with Crippen molar-refractivity contribution in [2.24, 2.45) is 0 Å². The van der Waals surface area contributed by atoms with Crippen LogP contribution in [0.4, 0.5) is 0 Å². The van der Waals surface area contributed by atoms with Crippen LogP contribution in [-0.2, 0) is 18.5 Å². The Labute approximate surface area is 137 Å². The molecule has 0 amide bonds. The number of hydrogen-bond acceptors (Lipinski definition) is 3. The fourth-order valence-corrected chi connectivity index (χ4v) is 4.94. The fourth-order valence-electron chi connectivity index (χ4n) is 4.19. The quantitative estimate of drug-likeness (QED) is 0.834. The molecule has 2 aliphatic rings. The molecule has 0 saturated carbocycles. The lowest BCUT2D eigenvalue weighted by Gasteiger charge is -2.48. The summed E-state index contributed by atoms with van der Waals surface area (Å²) < 4.78 is 0. The fraction of sp³-hybridized carbons (Fsp3) is 0.474. The largest absolute Gasteiger partial charge is 0.306 e. The zero-order valence-electron chi connectivity index (χ0n) is 13.3. The summed E-state index contributed by atoms with van der Waals surface area (Å²) in [4.78, 5) is 6.63. The van der Waals surface area contributed by atoms with Gasteiger partial charge in [0.25, 0.3) is 0 Å². The molecular formula is C19H24N2S. The molecule has 2 aromatic rings. The first-order valence-corrected chi connectivity index (χ1v) is 9.15. The molecule has 116 valence electrons. The van der Waals surface area contributed by atoms with E-state index in [2.05, 4.69) is 58.6 Å². The zero-order chi connectivity index (χ0) is 15.0. The maximum Gasteiger partial charge on any atom is 0.0331 e. The normalized spacial score (nSPS) is 21.9. The number of benzene rings is 1. The van der Waals surface area contributed by atoms with Crippen molar-refractivity contribution < 1.29 is 0 Å². The van der Waals surface area contributed by atoms with Crippen molar-refractivity contribution in [1.29, 1.82) is 0 Å². The van der Waals surface area contributed by atoms with E-state index >= 15 is 0 Å². The molecule has 1 saturated heterocycles. The third-order valence-corrected chi connectivity index (χ3v) is 6.27. The summed E-state index contributed by atoms with van der Waals surface area (Å²) in [5.41, 5.74) is 3.55. The maximum absolute atomic E-state index is 2.67.